The summed E-state index contributed by atoms with van der Waals surface area (Å²) in [6.45, 7) is -0.127. The first-order valence-corrected chi connectivity index (χ1v) is 9.32. The molecular weight excluding hydrogens is 413 g/mol. The van der Waals surface area contributed by atoms with Crippen LogP contribution in [0.3, 0.4) is 0 Å². The molecule has 0 bridgehead atoms. The molecule has 27 heavy (non-hydrogen) atoms. The normalized spacial score (nSPS) is 13.0. The van der Waals surface area contributed by atoms with Gasteiger partial charge in [-0.15, -0.1) is 0 Å². The number of aromatic nitrogens is 1. The minimum Gasteiger partial charge on any atom is -0.456 e. The van der Waals surface area contributed by atoms with Crippen LogP contribution in [0.4, 0.5) is 0 Å². The van der Waals surface area contributed by atoms with Gasteiger partial charge in [-0.05, 0) is 42.5 Å². The van der Waals surface area contributed by atoms with Crippen molar-refractivity contribution in [3.8, 4) is 0 Å². The van der Waals surface area contributed by atoms with Gasteiger partial charge in [0.05, 0.1) is 15.1 Å². The Labute approximate surface area is 168 Å². The molecule has 0 aliphatic heterocycles. The van der Waals surface area contributed by atoms with Crippen molar-refractivity contribution < 1.29 is 13.9 Å². The number of carbonyl (C=O) groups excluding carboxylic acids is 1. The van der Waals surface area contributed by atoms with Crippen molar-refractivity contribution in [3.05, 3.63) is 72.3 Å². The molecule has 0 radical (unpaired) electrons. The molecule has 0 N–H and O–H groups in total. The lowest BCUT2D eigenvalue weighted by molar-refractivity contribution is 0.0467. The predicted molar refractivity (Wildman–Crippen MR) is 103 cm³/mol. The Kier molecular flexibility index (Phi) is 4.84. The van der Waals surface area contributed by atoms with E-state index in [-0.39, 0.29) is 27.4 Å². The van der Waals surface area contributed by atoms with Crippen molar-refractivity contribution in [2.24, 2.45) is 0 Å². The number of esters is 1. The molecule has 0 saturated carbocycles. The molecule has 0 atom stereocenters. The van der Waals surface area contributed by atoms with E-state index < -0.39 is 11.6 Å². The highest BCUT2D eigenvalue weighted by molar-refractivity contribution is 6.48. The third-order valence-electron chi connectivity index (χ3n) is 4.51. The number of benzene rings is 1. The van der Waals surface area contributed by atoms with E-state index in [4.69, 9.17) is 44.0 Å². The van der Waals surface area contributed by atoms with Crippen LogP contribution in [-0.2, 0) is 24.2 Å². The smallest absolute Gasteiger partial charge is 0.358 e. The van der Waals surface area contributed by atoms with Crippen LogP contribution in [0.5, 0.6) is 0 Å². The quantitative estimate of drug-likeness (QED) is 0.437. The van der Waals surface area contributed by atoms with E-state index in [1.165, 1.54) is 23.4 Å². The minimum absolute atomic E-state index is 0.0293. The number of pyridine rings is 1. The zero-order chi connectivity index (χ0) is 19.1. The number of nitrogens with zero attached hydrogens (tertiary/aromatic N) is 1. The second-order valence-electron chi connectivity index (χ2n) is 6.22. The number of carbonyl (C=O) groups is 1. The summed E-state index contributed by atoms with van der Waals surface area (Å²) < 4.78 is 10.6. The van der Waals surface area contributed by atoms with Gasteiger partial charge in [0.1, 0.15) is 12.2 Å². The summed E-state index contributed by atoms with van der Waals surface area (Å²) in [5, 5.41) is 0.834. The molecule has 2 aromatic heterocycles. The first-order chi connectivity index (χ1) is 12.9. The monoisotopic (exact) mass is 423 g/mol. The summed E-state index contributed by atoms with van der Waals surface area (Å²) in [7, 11) is 0. The van der Waals surface area contributed by atoms with Gasteiger partial charge in [-0.3, -0.25) is 0 Å². The van der Waals surface area contributed by atoms with Crippen molar-refractivity contribution in [1.82, 2.24) is 4.98 Å². The van der Waals surface area contributed by atoms with Crippen LogP contribution in [0.1, 0.15) is 33.6 Å². The Bertz CT molecular complexity index is 1140. The van der Waals surface area contributed by atoms with E-state index in [0.29, 0.717) is 11.1 Å². The molecule has 1 aliphatic rings. The largest absolute Gasteiger partial charge is 0.456 e. The molecule has 5 nitrogen and oxygen atoms in total. The molecule has 0 amide bonds. The van der Waals surface area contributed by atoms with Gasteiger partial charge < -0.3 is 9.15 Å². The van der Waals surface area contributed by atoms with Gasteiger partial charge in [0, 0.05) is 23.2 Å². The van der Waals surface area contributed by atoms with Crippen molar-refractivity contribution in [3.63, 3.8) is 0 Å². The maximum Gasteiger partial charge on any atom is 0.358 e. The number of ether oxygens (including phenoxy) is 1. The molecule has 138 valence electrons. The number of rotatable bonds is 3. The Morgan fingerprint density at radius 3 is 2.63 bits per heavy atom. The maximum absolute atomic E-state index is 12.3. The summed E-state index contributed by atoms with van der Waals surface area (Å²) in [6.07, 6.45) is 4.24. The van der Waals surface area contributed by atoms with Gasteiger partial charge in [-0.2, -0.15) is 0 Å². The number of aryl methyl sites for hydroxylation is 2. The van der Waals surface area contributed by atoms with Crippen LogP contribution < -0.4 is 5.63 Å². The summed E-state index contributed by atoms with van der Waals surface area (Å²) in [6, 6.07) is 5.21. The SMILES string of the molecule is O=C(OCc1cc(=O)oc2cc3c(cc12)CCC3)c1ncc(Cl)c(Cl)c1Cl. The average molecular weight is 425 g/mol. The lowest BCUT2D eigenvalue weighted by Crippen LogP contribution is -2.10. The molecule has 8 heteroatoms. The fourth-order valence-electron chi connectivity index (χ4n) is 3.21. The van der Waals surface area contributed by atoms with Crippen LogP contribution >= 0.6 is 34.8 Å². The predicted octanol–water partition coefficient (Wildman–Crippen LogP) is 4.99. The van der Waals surface area contributed by atoms with Crippen molar-refractivity contribution >= 4 is 51.7 Å². The van der Waals surface area contributed by atoms with Crippen LogP contribution in [0.2, 0.25) is 15.1 Å². The zero-order valence-electron chi connectivity index (χ0n) is 13.9. The van der Waals surface area contributed by atoms with Crippen molar-refractivity contribution in [2.45, 2.75) is 25.9 Å². The van der Waals surface area contributed by atoms with Crippen LogP contribution in [0.15, 0.2) is 33.6 Å². The van der Waals surface area contributed by atoms with Crippen LogP contribution in [0.25, 0.3) is 11.0 Å². The zero-order valence-corrected chi connectivity index (χ0v) is 16.1. The van der Waals surface area contributed by atoms with Gasteiger partial charge in [0.25, 0.3) is 0 Å². The van der Waals surface area contributed by atoms with E-state index in [0.717, 1.165) is 24.6 Å². The number of fused-ring (bicyclic) bond motifs is 2. The topological polar surface area (TPSA) is 69.4 Å². The number of halogens is 3. The Hall–Kier alpha value is -2.08. The first-order valence-electron chi connectivity index (χ1n) is 8.19. The number of hydrogen-bond donors (Lipinski definition) is 0. The molecule has 1 aromatic carbocycles. The van der Waals surface area contributed by atoms with Gasteiger partial charge >= 0.3 is 11.6 Å². The molecule has 1 aliphatic carbocycles. The average Bonchev–Trinajstić information content (AvgIpc) is 3.09. The lowest BCUT2D eigenvalue weighted by Gasteiger charge is -2.10. The Balaban J connectivity index is 1.65. The van der Waals surface area contributed by atoms with E-state index in [2.05, 4.69) is 4.98 Å². The summed E-state index contributed by atoms with van der Waals surface area (Å²) >= 11 is 17.8. The minimum atomic E-state index is -0.763. The first kappa shape index (κ1) is 18.3. The molecule has 0 spiro atoms. The fraction of sp³-hybridized carbons (Fsp3) is 0.211. The van der Waals surface area contributed by atoms with E-state index in [9.17, 15) is 9.59 Å². The highest BCUT2D eigenvalue weighted by atomic mass is 35.5. The van der Waals surface area contributed by atoms with E-state index in [1.807, 2.05) is 12.1 Å². The molecular formula is C19H12Cl3NO4. The van der Waals surface area contributed by atoms with Gasteiger partial charge in [0.2, 0.25) is 0 Å². The van der Waals surface area contributed by atoms with Crippen LogP contribution in [-0.4, -0.2) is 11.0 Å². The maximum atomic E-state index is 12.3. The van der Waals surface area contributed by atoms with Crippen molar-refractivity contribution in [1.29, 1.82) is 0 Å². The number of hydrogen-bond acceptors (Lipinski definition) is 5. The van der Waals surface area contributed by atoms with E-state index >= 15 is 0 Å². The molecule has 2 heterocycles. The molecule has 0 unspecified atom stereocenters. The second-order valence-corrected chi connectivity index (χ2v) is 7.38. The summed E-state index contributed by atoms with van der Waals surface area (Å²) in [5.74, 6) is -0.763. The molecule has 3 aromatic rings. The van der Waals surface area contributed by atoms with Crippen LogP contribution in [0, 0.1) is 0 Å². The highest BCUT2D eigenvalue weighted by Crippen LogP contribution is 2.32. The molecule has 0 saturated heterocycles. The van der Waals surface area contributed by atoms with Gasteiger partial charge in [-0.25, -0.2) is 14.6 Å². The molecule has 0 fully saturated rings. The fourth-order valence-corrected chi connectivity index (χ4v) is 3.77. The lowest BCUT2D eigenvalue weighted by atomic mass is 10.0. The summed E-state index contributed by atoms with van der Waals surface area (Å²) in [4.78, 5) is 28.1. The second kappa shape index (κ2) is 7.15. The molecule has 4 rings (SSSR count). The highest BCUT2D eigenvalue weighted by Gasteiger charge is 2.20. The Morgan fingerprint density at radius 2 is 1.85 bits per heavy atom. The van der Waals surface area contributed by atoms with Crippen molar-refractivity contribution in [2.75, 3.05) is 0 Å². The standard InChI is InChI=1S/C19H12Cl3NO4/c20-13-7-23-18(17(22)16(13)21)19(25)26-8-11-6-15(24)27-14-5-10-3-1-2-9(10)4-12(11)14/h4-7H,1-3,8H2. The third kappa shape index (κ3) is 3.43. The summed E-state index contributed by atoms with van der Waals surface area (Å²) in [5.41, 5.74) is 2.81. The Morgan fingerprint density at radius 1 is 1.11 bits per heavy atom. The van der Waals surface area contributed by atoms with E-state index in [1.54, 1.807) is 0 Å². The van der Waals surface area contributed by atoms with Gasteiger partial charge in [-0.1, -0.05) is 34.8 Å². The van der Waals surface area contributed by atoms with Gasteiger partial charge in [0.15, 0.2) is 5.69 Å². The third-order valence-corrected chi connectivity index (χ3v) is 5.75.